The van der Waals surface area contributed by atoms with Crippen LogP contribution in [-0.4, -0.2) is 42.3 Å². The van der Waals surface area contributed by atoms with Gasteiger partial charge in [-0.1, -0.05) is 24.3 Å². The first-order valence-corrected chi connectivity index (χ1v) is 9.53. The van der Waals surface area contributed by atoms with Gasteiger partial charge in [-0.25, -0.2) is 9.18 Å². The second kappa shape index (κ2) is 10.6. The van der Waals surface area contributed by atoms with Crippen molar-refractivity contribution in [1.82, 2.24) is 0 Å². The van der Waals surface area contributed by atoms with Crippen molar-refractivity contribution >= 4 is 17.6 Å². The second-order valence-corrected chi connectivity index (χ2v) is 6.42. The number of likely N-dealkylation sites (N-methyl/N-ethyl adjacent to an activating group) is 1. The Balaban J connectivity index is 2.04. The molecule has 0 saturated heterocycles. The minimum Gasteiger partial charge on any atom is -0.481 e. The van der Waals surface area contributed by atoms with Crippen LogP contribution >= 0.6 is 0 Å². The van der Waals surface area contributed by atoms with E-state index < -0.39 is 24.0 Å². The molecule has 0 heterocycles. The van der Waals surface area contributed by atoms with Gasteiger partial charge in [0.1, 0.15) is 11.6 Å². The lowest BCUT2D eigenvalue weighted by molar-refractivity contribution is -0.149. The van der Waals surface area contributed by atoms with E-state index in [1.807, 2.05) is 0 Å². The molecule has 29 heavy (non-hydrogen) atoms. The number of carboxylic acid groups (broad SMARTS) is 1. The van der Waals surface area contributed by atoms with Crippen molar-refractivity contribution < 1.29 is 28.6 Å². The van der Waals surface area contributed by atoms with E-state index in [0.717, 1.165) is 5.56 Å². The molecule has 0 aliphatic rings. The molecule has 156 valence electrons. The number of rotatable bonds is 10. The molecule has 0 bridgehead atoms. The van der Waals surface area contributed by atoms with Gasteiger partial charge in [0.2, 0.25) is 0 Å². The van der Waals surface area contributed by atoms with Gasteiger partial charge in [0.05, 0.1) is 5.69 Å². The zero-order valence-electron chi connectivity index (χ0n) is 16.8. The summed E-state index contributed by atoms with van der Waals surface area (Å²) in [6, 6.07) is 12.9. The number of amides is 1. The molecule has 2 aromatic rings. The Bertz CT molecular complexity index is 824. The van der Waals surface area contributed by atoms with Crippen molar-refractivity contribution in [1.29, 1.82) is 0 Å². The maximum absolute atomic E-state index is 14.1. The number of carbonyl (C=O) groups is 2. The van der Waals surface area contributed by atoms with Crippen LogP contribution < -0.4 is 9.64 Å². The number of hydrogen-bond acceptors (Lipinski definition) is 4. The van der Waals surface area contributed by atoms with Gasteiger partial charge in [-0.15, -0.1) is 0 Å². The average Bonchev–Trinajstić information content (AvgIpc) is 2.70. The molecule has 7 heteroatoms. The van der Waals surface area contributed by atoms with Gasteiger partial charge in [-0.05, 0) is 50.6 Å². The van der Waals surface area contributed by atoms with Crippen LogP contribution in [0.2, 0.25) is 0 Å². The predicted molar refractivity (Wildman–Crippen MR) is 108 cm³/mol. The van der Waals surface area contributed by atoms with Crippen LogP contribution in [0.3, 0.4) is 0 Å². The van der Waals surface area contributed by atoms with Gasteiger partial charge >= 0.3 is 5.97 Å². The summed E-state index contributed by atoms with van der Waals surface area (Å²) in [5.74, 6) is -1.38. The minimum absolute atomic E-state index is 0.210. The fourth-order valence-corrected chi connectivity index (χ4v) is 2.93. The number of aliphatic carboxylic acids is 1. The molecule has 0 aliphatic heterocycles. The van der Waals surface area contributed by atoms with Gasteiger partial charge in [0.25, 0.3) is 5.91 Å². The lowest BCUT2D eigenvalue weighted by Crippen LogP contribution is -2.41. The molecule has 0 fully saturated rings. The van der Waals surface area contributed by atoms with E-state index in [1.54, 1.807) is 63.2 Å². The van der Waals surface area contributed by atoms with Crippen molar-refractivity contribution in [3.05, 3.63) is 59.9 Å². The highest BCUT2D eigenvalue weighted by Gasteiger charge is 2.24. The topological polar surface area (TPSA) is 76.1 Å². The summed E-state index contributed by atoms with van der Waals surface area (Å²) in [6.45, 7) is 5.73. The van der Waals surface area contributed by atoms with Gasteiger partial charge in [0, 0.05) is 19.6 Å². The maximum Gasteiger partial charge on any atom is 0.333 e. The molecule has 2 rings (SSSR count). The third-order valence-electron chi connectivity index (χ3n) is 4.37. The monoisotopic (exact) mass is 403 g/mol. The van der Waals surface area contributed by atoms with Crippen LogP contribution in [0.15, 0.2) is 48.5 Å². The molecular formula is C22H26FNO5. The number of benzene rings is 2. The van der Waals surface area contributed by atoms with E-state index >= 15 is 0 Å². The molecule has 6 nitrogen and oxygen atoms in total. The molecule has 2 aromatic carbocycles. The molecule has 0 aromatic heterocycles. The summed E-state index contributed by atoms with van der Waals surface area (Å²) < 4.78 is 25.0. The van der Waals surface area contributed by atoms with Crippen molar-refractivity contribution in [2.24, 2.45) is 0 Å². The number of para-hydroxylation sites is 1. The zero-order valence-corrected chi connectivity index (χ0v) is 16.8. The lowest BCUT2D eigenvalue weighted by Gasteiger charge is -2.25. The standard InChI is InChI=1S/C22H26FNO5/c1-4-24(19-9-7-6-8-18(19)23)21(25)15(3)29-17-12-10-16(11-13-17)14-20(22(26)27)28-5-2/h6-13,15,20H,4-5,14H2,1-3H3,(H,26,27). The normalized spacial score (nSPS) is 12.8. The number of carbonyl (C=O) groups excluding carboxylic acids is 1. The maximum atomic E-state index is 14.1. The SMILES string of the molecule is CCOC(Cc1ccc(OC(C)C(=O)N(CC)c2ccccc2F)cc1)C(=O)O. The number of halogens is 1. The molecule has 0 radical (unpaired) electrons. The molecule has 0 spiro atoms. The largest absolute Gasteiger partial charge is 0.481 e. The lowest BCUT2D eigenvalue weighted by atomic mass is 10.1. The van der Waals surface area contributed by atoms with Crippen molar-refractivity contribution in [2.45, 2.75) is 39.4 Å². The summed E-state index contributed by atoms with van der Waals surface area (Å²) in [4.78, 5) is 25.3. The minimum atomic E-state index is -1.01. The van der Waals surface area contributed by atoms with Gasteiger partial charge in [-0.2, -0.15) is 0 Å². The van der Waals surface area contributed by atoms with Gasteiger partial charge in [0.15, 0.2) is 12.2 Å². The van der Waals surface area contributed by atoms with E-state index in [-0.39, 0.29) is 18.0 Å². The van der Waals surface area contributed by atoms with E-state index in [2.05, 4.69) is 0 Å². The zero-order chi connectivity index (χ0) is 21.4. The molecule has 0 saturated carbocycles. The summed E-state index contributed by atoms with van der Waals surface area (Å²) in [7, 11) is 0. The molecule has 2 atom stereocenters. The third-order valence-corrected chi connectivity index (χ3v) is 4.37. The Morgan fingerprint density at radius 3 is 2.31 bits per heavy atom. The van der Waals surface area contributed by atoms with Crippen LogP contribution in [0.25, 0.3) is 0 Å². The highest BCUT2D eigenvalue weighted by atomic mass is 19.1. The summed E-state index contributed by atoms with van der Waals surface area (Å²) in [6.07, 6.45) is -1.50. The van der Waals surface area contributed by atoms with Gasteiger partial charge < -0.3 is 19.5 Å². The fraction of sp³-hybridized carbons (Fsp3) is 0.364. The summed E-state index contributed by atoms with van der Waals surface area (Å²) in [5, 5.41) is 9.17. The number of anilines is 1. The Morgan fingerprint density at radius 2 is 1.76 bits per heavy atom. The number of ether oxygens (including phenoxy) is 2. The van der Waals surface area contributed by atoms with Crippen LogP contribution in [-0.2, 0) is 20.7 Å². The first-order valence-electron chi connectivity index (χ1n) is 9.53. The third kappa shape index (κ3) is 6.02. The van der Waals surface area contributed by atoms with E-state index in [0.29, 0.717) is 18.9 Å². The first kappa shape index (κ1) is 22.4. The second-order valence-electron chi connectivity index (χ2n) is 6.42. The highest BCUT2D eigenvalue weighted by molar-refractivity contribution is 5.96. The van der Waals surface area contributed by atoms with Crippen LogP contribution in [0.4, 0.5) is 10.1 Å². The molecule has 2 unspecified atom stereocenters. The molecular weight excluding hydrogens is 377 g/mol. The smallest absolute Gasteiger partial charge is 0.333 e. The summed E-state index contributed by atoms with van der Waals surface area (Å²) >= 11 is 0. The van der Waals surface area contributed by atoms with Crippen molar-refractivity contribution in [2.75, 3.05) is 18.1 Å². The Hall–Kier alpha value is -2.93. The average molecular weight is 403 g/mol. The number of carboxylic acids is 1. The van der Waals surface area contributed by atoms with E-state index in [1.165, 1.54) is 11.0 Å². The van der Waals surface area contributed by atoms with E-state index in [4.69, 9.17) is 9.47 Å². The predicted octanol–water partition coefficient (Wildman–Crippen LogP) is 3.68. The van der Waals surface area contributed by atoms with Crippen molar-refractivity contribution in [3.63, 3.8) is 0 Å². The Labute approximate surface area is 169 Å². The quantitative estimate of drug-likeness (QED) is 0.655. The number of nitrogens with zero attached hydrogens (tertiary/aromatic N) is 1. The molecule has 1 amide bonds. The van der Waals surface area contributed by atoms with Crippen molar-refractivity contribution in [3.8, 4) is 5.75 Å². The van der Waals surface area contributed by atoms with Crippen LogP contribution in [0.5, 0.6) is 5.75 Å². The molecule has 0 aliphatic carbocycles. The summed E-state index contributed by atoms with van der Waals surface area (Å²) in [5.41, 5.74) is 0.986. The van der Waals surface area contributed by atoms with Crippen LogP contribution in [0, 0.1) is 5.82 Å². The van der Waals surface area contributed by atoms with Gasteiger partial charge in [-0.3, -0.25) is 4.79 Å². The highest BCUT2D eigenvalue weighted by Crippen LogP contribution is 2.21. The Morgan fingerprint density at radius 1 is 1.10 bits per heavy atom. The Kier molecular flexibility index (Phi) is 8.15. The number of hydrogen-bond donors (Lipinski definition) is 1. The first-order chi connectivity index (χ1) is 13.9. The van der Waals surface area contributed by atoms with E-state index in [9.17, 15) is 19.1 Å². The van der Waals surface area contributed by atoms with Crippen LogP contribution in [0.1, 0.15) is 26.3 Å². The fourth-order valence-electron chi connectivity index (χ4n) is 2.93. The molecule has 1 N–H and O–H groups in total.